The predicted octanol–water partition coefficient (Wildman–Crippen LogP) is 1.72. The van der Waals surface area contributed by atoms with Gasteiger partial charge in [0.15, 0.2) is 0 Å². The summed E-state index contributed by atoms with van der Waals surface area (Å²) < 4.78 is 0. The SMILES string of the molecule is CC(C)c1cc(C(=O)O)cc(N(C)C(C)CO)n1. The van der Waals surface area contributed by atoms with Crippen molar-refractivity contribution in [2.75, 3.05) is 18.6 Å². The third kappa shape index (κ3) is 3.20. The van der Waals surface area contributed by atoms with E-state index in [2.05, 4.69) is 4.98 Å². The smallest absolute Gasteiger partial charge is 0.335 e. The predicted molar refractivity (Wildman–Crippen MR) is 70.2 cm³/mol. The van der Waals surface area contributed by atoms with Crippen LogP contribution < -0.4 is 4.90 Å². The van der Waals surface area contributed by atoms with Crippen molar-refractivity contribution in [1.82, 2.24) is 4.98 Å². The molecule has 0 spiro atoms. The van der Waals surface area contributed by atoms with Crippen LogP contribution in [-0.2, 0) is 0 Å². The Morgan fingerprint density at radius 2 is 2.00 bits per heavy atom. The van der Waals surface area contributed by atoms with Crippen LogP contribution in [0.3, 0.4) is 0 Å². The summed E-state index contributed by atoms with van der Waals surface area (Å²) in [7, 11) is 1.79. The van der Waals surface area contributed by atoms with Crippen molar-refractivity contribution >= 4 is 11.8 Å². The summed E-state index contributed by atoms with van der Waals surface area (Å²) in [5, 5.41) is 18.2. The fraction of sp³-hybridized carbons (Fsp3) is 0.538. The number of carbonyl (C=O) groups is 1. The zero-order valence-corrected chi connectivity index (χ0v) is 11.2. The van der Waals surface area contributed by atoms with E-state index >= 15 is 0 Å². The fourth-order valence-corrected chi connectivity index (χ4v) is 1.49. The fourth-order valence-electron chi connectivity index (χ4n) is 1.49. The Morgan fingerprint density at radius 1 is 1.39 bits per heavy atom. The third-order valence-corrected chi connectivity index (χ3v) is 2.96. The molecule has 5 nitrogen and oxygen atoms in total. The van der Waals surface area contributed by atoms with E-state index in [0.717, 1.165) is 5.69 Å². The number of likely N-dealkylation sites (N-methyl/N-ethyl adjacent to an activating group) is 1. The molecule has 1 unspecified atom stereocenters. The van der Waals surface area contributed by atoms with Crippen molar-refractivity contribution < 1.29 is 15.0 Å². The van der Waals surface area contributed by atoms with Gasteiger partial charge in [-0.1, -0.05) is 13.8 Å². The molecule has 0 aliphatic carbocycles. The maximum atomic E-state index is 11.1. The van der Waals surface area contributed by atoms with Gasteiger partial charge in [-0.15, -0.1) is 0 Å². The molecule has 0 saturated heterocycles. The number of pyridine rings is 1. The van der Waals surface area contributed by atoms with Crippen molar-refractivity contribution in [3.63, 3.8) is 0 Å². The molecule has 0 bridgehead atoms. The first kappa shape index (κ1) is 14.4. The zero-order chi connectivity index (χ0) is 13.9. The molecule has 5 heteroatoms. The molecular weight excluding hydrogens is 232 g/mol. The molecule has 0 aliphatic heterocycles. The minimum atomic E-state index is -0.967. The van der Waals surface area contributed by atoms with Crippen LogP contribution in [-0.4, -0.2) is 40.9 Å². The van der Waals surface area contributed by atoms with E-state index in [1.165, 1.54) is 6.07 Å². The van der Waals surface area contributed by atoms with Crippen molar-refractivity contribution in [1.29, 1.82) is 0 Å². The molecule has 0 radical (unpaired) electrons. The maximum Gasteiger partial charge on any atom is 0.335 e. The van der Waals surface area contributed by atoms with Gasteiger partial charge in [-0.2, -0.15) is 0 Å². The van der Waals surface area contributed by atoms with E-state index in [-0.39, 0.29) is 24.1 Å². The summed E-state index contributed by atoms with van der Waals surface area (Å²) in [6.45, 7) is 5.77. The second-order valence-electron chi connectivity index (χ2n) is 4.74. The van der Waals surface area contributed by atoms with Gasteiger partial charge in [-0.3, -0.25) is 0 Å². The van der Waals surface area contributed by atoms with Crippen LogP contribution in [0.1, 0.15) is 42.7 Å². The molecule has 1 rings (SSSR count). The average Bonchev–Trinajstić information content (AvgIpc) is 2.36. The Bertz CT molecular complexity index is 432. The third-order valence-electron chi connectivity index (χ3n) is 2.96. The monoisotopic (exact) mass is 252 g/mol. The summed E-state index contributed by atoms with van der Waals surface area (Å²) in [5.41, 5.74) is 0.961. The van der Waals surface area contributed by atoms with Gasteiger partial charge in [0, 0.05) is 12.7 Å². The van der Waals surface area contributed by atoms with E-state index in [9.17, 15) is 4.79 Å². The summed E-state index contributed by atoms with van der Waals surface area (Å²) in [6, 6.07) is 3.01. The number of carboxylic acid groups (broad SMARTS) is 1. The number of anilines is 1. The van der Waals surface area contributed by atoms with E-state index in [1.54, 1.807) is 18.0 Å². The second-order valence-corrected chi connectivity index (χ2v) is 4.74. The lowest BCUT2D eigenvalue weighted by molar-refractivity contribution is 0.0696. The summed E-state index contributed by atoms with van der Waals surface area (Å²) in [4.78, 5) is 17.3. The normalized spacial score (nSPS) is 12.6. The van der Waals surface area contributed by atoms with Crippen molar-refractivity contribution in [3.8, 4) is 0 Å². The first-order chi connectivity index (χ1) is 8.36. The number of nitrogens with zero attached hydrogens (tertiary/aromatic N) is 2. The Labute approximate surface area is 107 Å². The largest absolute Gasteiger partial charge is 0.478 e. The highest BCUT2D eigenvalue weighted by Gasteiger charge is 2.15. The average molecular weight is 252 g/mol. The van der Waals surface area contributed by atoms with Gasteiger partial charge in [0.1, 0.15) is 5.82 Å². The highest BCUT2D eigenvalue weighted by molar-refractivity contribution is 5.88. The number of hydrogen-bond acceptors (Lipinski definition) is 4. The van der Waals surface area contributed by atoms with Gasteiger partial charge in [-0.25, -0.2) is 9.78 Å². The molecule has 0 saturated carbocycles. The highest BCUT2D eigenvalue weighted by atomic mass is 16.4. The van der Waals surface area contributed by atoms with Gasteiger partial charge >= 0.3 is 5.97 Å². The molecule has 2 N–H and O–H groups in total. The minimum absolute atomic E-state index is 0.00745. The van der Waals surface area contributed by atoms with Crippen LogP contribution in [0.5, 0.6) is 0 Å². The molecule has 1 atom stereocenters. The molecule has 1 heterocycles. The molecule has 1 aromatic rings. The van der Waals surface area contributed by atoms with Crippen molar-refractivity contribution in [2.24, 2.45) is 0 Å². The lowest BCUT2D eigenvalue weighted by Crippen LogP contribution is -2.32. The number of aromatic carboxylic acids is 1. The van der Waals surface area contributed by atoms with E-state index in [4.69, 9.17) is 10.2 Å². The number of aliphatic hydroxyl groups is 1. The lowest BCUT2D eigenvalue weighted by Gasteiger charge is -2.25. The number of aromatic nitrogens is 1. The topological polar surface area (TPSA) is 73.7 Å². The Kier molecular flexibility index (Phi) is 4.67. The molecule has 100 valence electrons. The van der Waals surface area contributed by atoms with Crippen LogP contribution >= 0.6 is 0 Å². The first-order valence-corrected chi connectivity index (χ1v) is 5.95. The summed E-state index contributed by atoms with van der Waals surface area (Å²) in [5.74, 6) is -0.244. The Balaban J connectivity index is 3.22. The van der Waals surface area contributed by atoms with Crippen LogP contribution in [0.4, 0.5) is 5.82 Å². The Morgan fingerprint density at radius 3 is 2.44 bits per heavy atom. The number of aliphatic hydroxyl groups excluding tert-OH is 1. The summed E-state index contributed by atoms with van der Waals surface area (Å²) >= 11 is 0. The quantitative estimate of drug-likeness (QED) is 0.834. The number of rotatable bonds is 5. The summed E-state index contributed by atoms with van der Waals surface area (Å²) in [6.07, 6.45) is 0. The first-order valence-electron chi connectivity index (χ1n) is 5.95. The van der Waals surface area contributed by atoms with Crippen LogP contribution in [0.2, 0.25) is 0 Å². The standard InChI is InChI=1S/C13H20N2O3/c1-8(2)11-5-10(13(17)18)6-12(14-11)15(4)9(3)7-16/h5-6,8-9,16H,7H2,1-4H3,(H,17,18). The molecule has 0 aliphatic rings. The van der Waals surface area contributed by atoms with Gasteiger partial charge in [0.25, 0.3) is 0 Å². The van der Waals surface area contributed by atoms with Gasteiger partial charge in [0.05, 0.1) is 18.2 Å². The highest BCUT2D eigenvalue weighted by Crippen LogP contribution is 2.20. The van der Waals surface area contributed by atoms with Gasteiger partial charge in [-0.05, 0) is 25.0 Å². The van der Waals surface area contributed by atoms with E-state index in [0.29, 0.717) is 5.82 Å². The number of carboxylic acids is 1. The molecule has 1 aromatic heterocycles. The van der Waals surface area contributed by atoms with Gasteiger partial charge < -0.3 is 15.1 Å². The van der Waals surface area contributed by atoms with Crippen molar-refractivity contribution in [3.05, 3.63) is 23.4 Å². The van der Waals surface area contributed by atoms with Crippen LogP contribution in [0.15, 0.2) is 12.1 Å². The molecule has 0 aromatic carbocycles. The van der Waals surface area contributed by atoms with Gasteiger partial charge in [0.2, 0.25) is 0 Å². The minimum Gasteiger partial charge on any atom is -0.478 e. The molecular formula is C13H20N2O3. The van der Waals surface area contributed by atoms with E-state index in [1.807, 2.05) is 20.8 Å². The van der Waals surface area contributed by atoms with Crippen LogP contribution in [0.25, 0.3) is 0 Å². The maximum absolute atomic E-state index is 11.1. The lowest BCUT2D eigenvalue weighted by atomic mass is 10.1. The van der Waals surface area contributed by atoms with E-state index < -0.39 is 5.97 Å². The molecule has 0 fully saturated rings. The van der Waals surface area contributed by atoms with Crippen LogP contribution in [0, 0.1) is 0 Å². The second kappa shape index (κ2) is 5.82. The Hall–Kier alpha value is -1.62. The zero-order valence-electron chi connectivity index (χ0n) is 11.2. The molecule has 0 amide bonds. The number of hydrogen-bond donors (Lipinski definition) is 2. The molecule has 18 heavy (non-hydrogen) atoms. The van der Waals surface area contributed by atoms with Crippen molar-refractivity contribution in [2.45, 2.75) is 32.7 Å².